The molecule has 0 radical (unpaired) electrons. The second-order valence-electron chi connectivity index (χ2n) is 5.68. The number of nitrogens with two attached hydrogens (primary N) is 1. The fourth-order valence-corrected chi connectivity index (χ4v) is 2.70. The number of hydrogen-bond acceptors (Lipinski definition) is 4. The van der Waals surface area contributed by atoms with Gasteiger partial charge in [0.1, 0.15) is 16.4 Å². The third kappa shape index (κ3) is 2.59. The van der Waals surface area contributed by atoms with Crippen LogP contribution in [0.5, 0.6) is 5.75 Å². The van der Waals surface area contributed by atoms with Crippen LogP contribution < -0.4 is 10.5 Å². The van der Waals surface area contributed by atoms with Crippen molar-refractivity contribution in [2.45, 2.75) is 33.1 Å². The molecule has 2 N–H and O–H groups in total. The van der Waals surface area contributed by atoms with E-state index in [-0.39, 0.29) is 5.41 Å². The summed E-state index contributed by atoms with van der Waals surface area (Å²) in [5, 5.41) is 0.758. The minimum atomic E-state index is 0.0125. The third-order valence-electron chi connectivity index (χ3n) is 3.20. The lowest BCUT2D eigenvalue weighted by atomic mass is 9.84. The number of aryl methyl sites for hydroxylation is 1. The summed E-state index contributed by atoms with van der Waals surface area (Å²) in [4.78, 5) is 4.38. The van der Waals surface area contributed by atoms with Crippen LogP contribution in [0.25, 0.3) is 11.3 Å². The van der Waals surface area contributed by atoms with Gasteiger partial charge in [-0.3, -0.25) is 0 Å². The Labute approximate surface area is 118 Å². The van der Waals surface area contributed by atoms with Gasteiger partial charge in [0.05, 0.1) is 12.6 Å². The highest BCUT2D eigenvalue weighted by Gasteiger charge is 2.22. The molecule has 0 aliphatic heterocycles. The van der Waals surface area contributed by atoms with Crippen LogP contribution in [0.3, 0.4) is 0 Å². The monoisotopic (exact) mass is 276 g/mol. The molecule has 0 atom stereocenters. The van der Waals surface area contributed by atoms with Crippen molar-refractivity contribution in [1.82, 2.24) is 4.98 Å². The van der Waals surface area contributed by atoms with Crippen molar-refractivity contribution in [1.29, 1.82) is 0 Å². The zero-order valence-corrected chi connectivity index (χ0v) is 12.9. The second-order valence-corrected chi connectivity index (χ2v) is 6.57. The number of rotatable bonds is 2. The van der Waals surface area contributed by atoms with Gasteiger partial charge in [0.25, 0.3) is 0 Å². The summed E-state index contributed by atoms with van der Waals surface area (Å²) in [6.45, 7) is 8.58. The number of hydrogen-bond donors (Lipinski definition) is 1. The molecule has 0 saturated carbocycles. The van der Waals surface area contributed by atoms with E-state index in [4.69, 9.17) is 10.5 Å². The van der Waals surface area contributed by atoms with Crippen LogP contribution in [0.15, 0.2) is 17.6 Å². The molecule has 1 aromatic carbocycles. The highest BCUT2D eigenvalue weighted by atomic mass is 32.1. The quantitative estimate of drug-likeness (QED) is 0.901. The number of thiazole rings is 1. The molecule has 3 nitrogen and oxygen atoms in total. The van der Waals surface area contributed by atoms with Crippen LogP contribution in [-0.4, -0.2) is 12.1 Å². The Bertz CT molecular complexity index is 597. The molecule has 0 aliphatic carbocycles. The molecule has 0 bridgehead atoms. The van der Waals surface area contributed by atoms with Gasteiger partial charge in [0, 0.05) is 11.1 Å². The largest absolute Gasteiger partial charge is 0.496 e. The van der Waals surface area contributed by atoms with Crippen LogP contribution in [0.1, 0.15) is 31.9 Å². The summed E-state index contributed by atoms with van der Waals surface area (Å²) in [7, 11) is 1.71. The lowest BCUT2D eigenvalue weighted by Gasteiger charge is -2.23. The Morgan fingerprint density at radius 2 is 1.95 bits per heavy atom. The standard InChI is InChI=1S/C15H20N2OS/c1-9-6-12(18-5)11(15(2,3)4)7-10(9)13-14(16)19-8-17-13/h6-8H,16H2,1-5H3. The molecule has 0 unspecified atom stereocenters. The maximum Gasteiger partial charge on any atom is 0.122 e. The Morgan fingerprint density at radius 1 is 1.26 bits per heavy atom. The number of methoxy groups -OCH3 is 1. The highest BCUT2D eigenvalue weighted by molar-refractivity contribution is 7.14. The molecule has 1 heterocycles. The fraction of sp³-hybridized carbons (Fsp3) is 0.400. The maximum atomic E-state index is 6.00. The van der Waals surface area contributed by atoms with Gasteiger partial charge in [-0.25, -0.2) is 4.98 Å². The number of aromatic nitrogens is 1. The topological polar surface area (TPSA) is 48.1 Å². The molecule has 0 spiro atoms. The van der Waals surface area contributed by atoms with Crippen LogP contribution >= 0.6 is 11.3 Å². The molecular weight excluding hydrogens is 256 g/mol. The van der Waals surface area contributed by atoms with Crippen LogP contribution in [-0.2, 0) is 5.41 Å². The normalized spacial score (nSPS) is 11.6. The maximum absolute atomic E-state index is 6.00. The van der Waals surface area contributed by atoms with Crippen LogP contribution in [0, 0.1) is 6.92 Å². The van der Waals surface area contributed by atoms with Crippen molar-refractivity contribution < 1.29 is 4.74 Å². The molecule has 0 saturated heterocycles. The van der Waals surface area contributed by atoms with Gasteiger partial charge in [0.2, 0.25) is 0 Å². The fourth-order valence-electron chi connectivity index (χ4n) is 2.15. The van der Waals surface area contributed by atoms with Gasteiger partial charge in [-0.05, 0) is 30.0 Å². The number of ether oxygens (including phenoxy) is 1. The van der Waals surface area contributed by atoms with Crippen molar-refractivity contribution in [2.24, 2.45) is 0 Å². The summed E-state index contributed by atoms with van der Waals surface area (Å²) in [6.07, 6.45) is 0. The van der Waals surface area contributed by atoms with Crippen molar-refractivity contribution in [3.05, 3.63) is 28.8 Å². The zero-order chi connectivity index (χ0) is 14.2. The Morgan fingerprint density at radius 3 is 2.42 bits per heavy atom. The Hall–Kier alpha value is -1.55. The Balaban J connectivity index is 2.68. The van der Waals surface area contributed by atoms with Crippen molar-refractivity contribution in [3.8, 4) is 17.0 Å². The van der Waals surface area contributed by atoms with Crippen LogP contribution in [0.2, 0.25) is 0 Å². The number of benzene rings is 1. The molecule has 2 aromatic rings. The summed E-state index contributed by atoms with van der Waals surface area (Å²) in [5.41, 5.74) is 12.0. The summed E-state index contributed by atoms with van der Waals surface area (Å²) >= 11 is 1.47. The van der Waals surface area contributed by atoms with Gasteiger partial charge < -0.3 is 10.5 Å². The van der Waals surface area contributed by atoms with E-state index in [0.29, 0.717) is 0 Å². The highest BCUT2D eigenvalue weighted by Crippen LogP contribution is 2.38. The van der Waals surface area contributed by atoms with Gasteiger partial charge >= 0.3 is 0 Å². The van der Waals surface area contributed by atoms with Gasteiger partial charge in [0.15, 0.2) is 0 Å². The number of anilines is 1. The first-order valence-electron chi connectivity index (χ1n) is 6.23. The molecule has 19 heavy (non-hydrogen) atoms. The van der Waals surface area contributed by atoms with Crippen LogP contribution in [0.4, 0.5) is 5.00 Å². The molecule has 0 fully saturated rings. The van der Waals surface area contributed by atoms with E-state index in [9.17, 15) is 0 Å². The van der Waals surface area contributed by atoms with E-state index in [0.717, 1.165) is 27.6 Å². The molecule has 0 amide bonds. The van der Waals surface area contributed by atoms with Gasteiger partial charge in [-0.15, -0.1) is 11.3 Å². The van der Waals surface area contributed by atoms with Crippen molar-refractivity contribution in [2.75, 3.05) is 12.8 Å². The third-order valence-corrected chi connectivity index (χ3v) is 3.86. The first-order chi connectivity index (χ1) is 8.84. The van der Waals surface area contributed by atoms with E-state index in [1.165, 1.54) is 16.9 Å². The zero-order valence-electron chi connectivity index (χ0n) is 12.1. The van der Waals surface area contributed by atoms with Gasteiger partial charge in [-0.1, -0.05) is 20.8 Å². The molecular formula is C15H20N2OS. The molecule has 4 heteroatoms. The van der Waals surface area contributed by atoms with Crippen molar-refractivity contribution >= 4 is 16.3 Å². The minimum absolute atomic E-state index is 0.0125. The molecule has 1 aromatic heterocycles. The minimum Gasteiger partial charge on any atom is -0.496 e. The summed E-state index contributed by atoms with van der Waals surface area (Å²) in [6, 6.07) is 4.22. The number of nitrogen functional groups attached to an aromatic ring is 1. The van der Waals surface area contributed by atoms with E-state index in [1.54, 1.807) is 12.6 Å². The Kier molecular flexibility index (Phi) is 3.54. The molecule has 102 valence electrons. The van der Waals surface area contributed by atoms with E-state index < -0.39 is 0 Å². The summed E-state index contributed by atoms with van der Waals surface area (Å²) < 4.78 is 5.51. The smallest absolute Gasteiger partial charge is 0.122 e. The molecule has 2 rings (SSSR count). The lowest BCUT2D eigenvalue weighted by Crippen LogP contribution is -2.13. The van der Waals surface area contributed by atoms with Gasteiger partial charge in [-0.2, -0.15) is 0 Å². The van der Waals surface area contributed by atoms with E-state index >= 15 is 0 Å². The first kappa shape index (κ1) is 13.9. The average Bonchev–Trinajstić information content (AvgIpc) is 2.73. The van der Waals surface area contributed by atoms with E-state index in [1.807, 2.05) is 0 Å². The summed E-state index contributed by atoms with van der Waals surface area (Å²) in [5.74, 6) is 0.919. The van der Waals surface area contributed by atoms with E-state index in [2.05, 4.69) is 44.8 Å². The first-order valence-corrected chi connectivity index (χ1v) is 7.11. The van der Waals surface area contributed by atoms with Crippen molar-refractivity contribution in [3.63, 3.8) is 0 Å². The molecule has 0 aliphatic rings. The predicted molar refractivity (Wildman–Crippen MR) is 82.0 cm³/mol. The predicted octanol–water partition coefficient (Wildman–Crippen LogP) is 4.01. The average molecular weight is 276 g/mol. The lowest BCUT2D eigenvalue weighted by molar-refractivity contribution is 0.397. The number of nitrogens with zero attached hydrogens (tertiary/aromatic N) is 1. The SMILES string of the molecule is COc1cc(C)c(-c2ncsc2N)cc1C(C)(C)C. The second kappa shape index (κ2) is 4.85.